The molecule has 0 saturated carbocycles. The molecule has 8 heteroatoms. The molecule has 4 atom stereocenters. The maximum atomic E-state index is 11.1. The monoisotopic (exact) mass is 351 g/mol. The lowest BCUT2D eigenvalue weighted by Gasteiger charge is -2.29. The van der Waals surface area contributed by atoms with Gasteiger partial charge >= 0.3 is 5.97 Å². The second kappa shape index (κ2) is 13.5. The predicted octanol–water partition coefficient (Wildman–Crippen LogP) is -0.437. The molecule has 0 fully saturated rings. The molecule has 144 valence electrons. The first-order valence-electron chi connectivity index (χ1n) is 8.60. The van der Waals surface area contributed by atoms with Crippen LogP contribution in [0.2, 0.25) is 0 Å². The van der Waals surface area contributed by atoms with Crippen molar-refractivity contribution in [2.45, 2.75) is 76.8 Å². The minimum atomic E-state index is -1.70. The van der Waals surface area contributed by atoms with Crippen LogP contribution in [0, 0.1) is 0 Å². The fraction of sp³-hybridized carbons (Fsp3) is 0.938. The molecule has 0 aromatic heterocycles. The summed E-state index contributed by atoms with van der Waals surface area (Å²) in [6, 6.07) is 0. The SMILES string of the molecule is CCCCCCCCN(C[C@H](O)[C@@H](O)[C@H](O)[C@H](O)CO)OC(C)=O. The lowest BCUT2D eigenvalue weighted by molar-refractivity contribution is -0.201. The molecule has 0 spiro atoms. The van der Waals surface area contributed by atoms with E-state index in [4.69, 9.17) is 9.94 Å². The maximum absolute atomic E-state index is 11.1. The summed E-state index contributed by atoms with van der Waals surface area (Å²) in [5.41, 5.74) is 0. The Morgan fingerprint density at radius 3 is 2.04 bits per heavy atom. The second-order valence-corrected chi connectivity index (χ2v) is 6.04. The number of hydroxylamine groups is 2. The Labute approximate surface area is 143 Å². The first-order chi connectivity index (χ1) is 11.3. The number of hydrogen-bond donors (Lipinski definition) is 5. The lowest BCUT2D eigenvalue weighted by Crippen LogP contribution is -2.50. The van der Waals surface area contributed by atoms with Gasteiger partial charge in [-0.1, -0.05) is 39.0 Å². The molecular formula is C16H33NO7. The van der Waals surface area contributed by atoms with Gasteiger partial charge in [0, 0.05) is 13.5 Å². The molecule has 0 radical (unpaired) electrons. The van der Waals surface area contributed by atoms with Crippen LogP contribution < -0.4 is 0 Å². The van der Waals surface area contributed by atoms with Crippen molar-refractivity contribution in [3.63, 3.8) is 0 Å². The van der Waals surface area contributed by atoms with E-state index in [1.54, 1.807) is 0 Å². The first kappa shape index (κ1) is 23.2. The minimum Gasteiger partial charge on any atom is -0.394 e. The average Bonchev–Trinajstić information content (AvgIpc) is 2.54. The summed E-state index contributed by atoms with van der Waals surface area (Å²) in [6.07, 6.45) is -0.0755. The highest BCUT2D eigenvalue weighted by atomic mass is 16.7. The van der Waals surface area contributed by atoms with E-state index in [2.05, 4.69) is 6.92 Å². The third-order valence-electron chi connectivity index (χ3n) is 3.73. The summed E-state index contributed by atoms with van der Waals surface area (Å²) in [6.45, 7) is 2.83. The van der Waals surface area contributed by atoms with Gasteiger partial charge in [-0.15, -0.1) is 5.06 Å². The van der Waals surface area contributed by atoms with Gasteiger partial charge in [0.1, 0.15) is 18.3 Å². The largest absolute Gasteiger partial charge is 0.394 e. The highest BCUT2D eigenvalue weighted by Gasteiger charge is 2.31. The Hall–Kier alpha value is -0.770. The summed E-state index contributed by atoms with van der Waals surface area (Å²) in [4.78, 5) is 16.1. The van der Waals surface area contributed by atoms with Crippen LogP contribution in [0.4, 0.5) is 0 Å². The van der Waals surface area contributed by atoms with E-state index in [0.717, 1.165) is 32.1 Å². The Kier molecular flexibility index (Phi) is 13.1. The number of rotatable bonds is 14. The smallest absolute Gasteiger partial charge is 0.322 e. The zero-order valence-electron chi connectivity index (χ0n) is 14.7. The molecule has 0 amide bonds. The van der Waals surface area contributed by atoms with E-state index in [9.17, 15) is 25.2 Å². The van der Waals surface area contributed by atoms with Crippen molar-refractivity contribution in [1.29, 1.82) is 0 Å². The van der Waals surface area contributed by atoms with Gasteiger partial charge < -0.3 is 30.4 Å². The van der Waals surface area contributed by atoms with Gasteiger partial charge in [0.15, 0.2) is 0 Å². The Morgan fingerprint density at radius 1 is 0.958 bits per heavy atom. The van der Waals surface area contributed by atoms with Gasteiger partial charge in [-0.05, 0) is 6.42 Å². The predicted molar refractivity (Wildman–Crippen MR) is 87.8 cm³/mol. The number of carbonyl (C=O) groups is 1. The number of aliphatic hydroxyl groups excluding tert-OH is 5. The van der Waals surface area contributed by atoms with Crippen molar-refractivity contribution < 1.29 is 35.2 Å². The van der Waals surface area contributed by atoms with Crippen molar-refractivity contribution in [3.8, 4) is 0 Å². The van der Waals surface area contributed by atoms with Crippen LogP contribution in [0.25, 0.3) is 0 Å². The highest BCUT2D eigenvalue weighted by molar-refractivity contribution is 5.65. The van der Waals surface area contributed by atoms with Gasteiger partial charge in [-0.25, -0.2) is 0 Å². The number of hydrogen-bond acceptors (Lipinski definition) is 8. The van der Waals surface area contributed by atoms with Crippen LogP contribution in [-0.4, -0.2) is 80.7 Å². The zero-order valence-corrected chi connectivity index (χ0v) is 14.7. The summed E-state index contributed by atoms with van der Waals surface area (Å²) in [5.74, 6) is -0.543. The van der Waals surface area contributed by atoms with Crippen molar-refractivity contribution in [3.05, 3.63) is 0 Å². The van der Waals surface area contributed by atoms with Crippen molar-refractivity contribution in [2.24, 2.45) is 0 Å². The quantitative estimate of drug-likeness (QED) is 0.210. The molecule has 0 saturated heterocycles. The third kappa shape index (κ3) is 10.2. The number of aliphatic hydroxyl groups is 5. The molecule has 8 nitrogen and oxygen atoms in total. The molecule has 0 aliphatic carbocycles. The highest BCUT2D eigenvalue weighted by Crippen LogP contribution is 2.10. The summed E-state index contributed by atoms with van der Waals surface area (Å²) in [7, 11) is 0. The average molecular weight is 351 g/mol. The van der Waals surface area contributed by atoms with E-state index < -0.39 is 37.0 Å². The van der Waals surface area contributed by atoms with Crippen LogP contribution in [0.1, 0.15) is 52.4 Å². The fourth-order valence-corrected chi connectivity index (χ4v) is 2.30. The van der Waals surface area contributed by atoms with Crippen LogP contribution >= 0.6 is 0 Å². The molecule has 0 aliphatic heterocycles. The standard InChI is InChI=1S/C16H33NO7/c1-3-4-5-6-7-8-9-17(24-12(2)19)10-13(20)15(22)16(23)14(21)11-18/h13-16,18,20-23H,3-11H2,1-2H3/t13-,14+,15+,16+/m0/s1. The number of carbonyl (C=O) groups excluding carboxylic acids is 1. The molecule has 0 aromatic rings. The van der Waals surface area contributed by atoms with Gasteiger partial charge in [0.2, 0.25) is 0 Å². The molecule has 0 bridgehead atoms. The van der Waals surface area contributed by atoms with E-state index in [-0.39, 0.29) is 6.54 Å². The van der Waals surface area contributed by atoms with Crippen molar-refractivity contribution in [1.82, 2.24) is 5.06 Å². The van der Waals surface area contributed by atoms with Gasteiger partial charge in [0.25, 0.3) is 0 Å². The molecule has 0 heterocycles. The zero-order chi connectivity index (χ0) is 18.5. The van der Waals surface area contributed by atoms with Crippen LogP contribution in [-0.2, 0) is 9.63 Å². The molecule has 0 rings (SSSR count). The van der Waals surface area contributed by atoms with Crippen LogP contribution in [0.5, 0.6) is 0 Å². The molecule has 0 aliphatic rings. The minimum absolute atomic E-state index is 0.203. The Balaban J connectivity index is 4.36. The topological polar surface area (TPSA) is 131 Å². The van der Waals surface area contributed by atoms with E-state index >= 15 is 0 Å². The molecule has 0 aromatic carbocycles. The van der Waals surface area contributed by atoms with Gasteiger partial charge in [-0.3, -0.25) is 4.79 Å². The lowest BCUT2D eigenvalue weighted by atomic mass is 10.0. The van der Waals surface area contributed by atoms with Gasteiger partial charge in [-0.2, -0.15) is 0 Å². The maximum Gasteiger partial charge on any atom is 0.322 e. The van der Waals surface area contributed by atoms with Crippen LogP contribution in [0.3, 0.4) is 0 Å². The summed E-state index contributed by atoms with van der Waals surface area (Å²) >= 11 is 0. The fourth-order valence-electron chi connectivity index (χ4n) is 2.30. The van der Waals surface area contributed by atoms with E-state index in [1.807, 2.05) is 0 Å². The van der Waals surface area contributed by atoms with E-state index in [0.29, 0.717) is 6.54 Å². The van der Waals surface area contributed by atoms with E-state index in [1.165, 1.54) is 18.4 Å². The summed E-state index contributed by atoms with van der Waals surface area (Å²) in [5, 5.41) is 48.7. The number of nitrogens with zero attached hydrogens (tertiary/aromatic N) is 1. The van der Waals surface area contributed by atoms with Crippen LogP contribution in [0.15, 0.2) is 0 Å². The third-order valence-corrected chi connectivity index (χ3v) is 3.73. The number of unbranched alkanes of at least 4 members (excludes halogenated alkanes) is 5. The Morgan fingerprint density at radius 2 is 1.50 bits per heavy atom. The second-order valence-electron chi connectivity index (χ2n) is 6.04. The molecule has 24 heavy (non-hydrogen) atoms. The summed E-state index contributed by atoms with van der Waals surface area (Å²) < 4.78 is 0. The molecule has 5 N–H and O–H groups in total. The van der Waals surface area contributed by atoms with Crippen molar-refractivity contribution in [2.75, 3.05) is 19.7 Å². The molecule has 0 unspecified atom stereocenters. The molecular weight excluding hydrogens is 318 g/mol. The van der Waals surface area contributed by atoms with Gasteiger partial charge in [0.05, 0.1) is 19.3 Å². The first-order valence-corrected chi connectivity index (χ1v) is 8.60. The Bertz CT molecular complexity index is 330. The van der Waals surface area contributed by atoms with Crippen molar-refractivity contribution >= 4 is 5.97 Å². The normalized spacial score (nSPS) is 16.7.